The average Bonchev–Trinajstić information content (AvgIpc) is 2.90. The zero-order valence-electron chi connectivity index (χ0n) is 16.9. The summed E-state index contributed by atoms with van der Waals surface area (Å²) in [6, 6.07) is 8.67. The van der Waals surface area contributed by atoms with Gasteiger partial charge in [-0.3, -0.25) is 9.59 Å². The molecule has 0 fully saturated rings. The number of aliphatic carboxylic acids is 1. The number of carbonyl (C=O) groups is 2. The van der Waals surface area contributed by atoms with E-state index in [4.69, 9.17) is 5.11 Å². The van der Waals surface area contributed by atoms with Crippen LogP contribution in [0.25, 0.3) is 5.95 Å². The van der Waals surface area contributed by atoms with E-state index in [2.05, 4.69) is 20.4 Å². The fourth-order valence-electron chi connectivity index (χ4n) is 3.17. The summed E-state index contributed by atoms with van der Waals surface area (Å²) in [6.07, 6.45) is 0.117. The first-order valence-electron chi connectivity index (χ1n) is 9.21. The molecule has 29 heavy (non-hydrogen) atoms. The normalized spacial score (nSPS) is 10.8. The smallest absolute Gasteiger partial charge is 0.307 e. The van der Waals surface area contributed by atoms with Crippen LogP contribution in [0.4, 0.5) is 5.69 Å². The second-order valence-corrected chi connectivity index (χ2v) is 7.00. The maximum atomic E-state index is 12.5. The van der Waals surface area contributed by atoms with Gasteiger partial charge in [0, 0.05) is 28.3 Å². The fraction of sp³-hybridized carbons (Fsp3) is 0.286. The van der Waals surface area contributed by atoms with Gasteiger partial charge in [-0.05, 0) is 51.5 Å². The summed E-state index contributed by atoms with van der Waals surface area (Å²) in [5.74, 6) is -0.579. The number of nitrogens with zero attached hydrogens (tertiary/aromatic N) is 4. The van der Waals surface area contributed by atoms with Gasteiger partial charge in [0.15, 0.2) is 0 Å². The fourth-order valence-corrected chi connectivity index (χ4v) is 3.17. The number of nitrogens with one attached hydrogen (secondary N) is 1. The molecule has 0 spiro atoms. The van der Waals surface area contributed by atoms with Crippen LogP contribution in [0.15, 0.2) is 30.3 Å². The molecule has 3 aromatic rings. The van der Waals surface area contributed by atoms with Crippen LogP contribution in [0.5, 0.6) is 0 Å². The van der Waals surface area contributed by atoms with Crippen molar-refractivity contribution in [3.05, 3.63) is 64.2 Å². The zero-order valence-corrected chi connectivity index (χ0v) is 16.9. The van der Waals surface area contributed by atoms with Gasteiger partial charge in [-0.25, -0.2) is 14.6 Å². The van der Waals surface area contributed by atoms with Crippen molar-refractivity contribution in [2.45, 2.75) is 40.5 Å². The Morgan fingerprint density at radius 3 is 2.21 bits per heavy atom. The van der Waals surface area contributed by atoms with Gasteiger partial charge in [0.2, 0.25) is 5.91 Å². The SMILES string of the molecule is Cc1cc(C)nc(-n2nc(C)c(CC(=O)Nc3ccc(CC(=O)O)cc3)c2C)n1. The van der Waals surface area contributed by atoms with Crippen molar-refractivity contribution >= 4 is 17.6 Å². The van der Waals surface area contributed by atoms with E-state index in [0.717, 1.165) is 28.3 Å². The quantitative estimate of drug-likeness (QED) is 0.666. The molecule has 2 N–H and O–H groups in total. The summed E-state index contributed by atoms with van der Waals surface area (Å²) in [6.45, 7) is 7.56. The maximum absolute atomic E-state index is 12.5. The minimum absolute atomic E-state index is 0.0493. The number of amides is 1. The Bertz CT molecular complexity index is 1050. The highest BCUT2D eigenvalue weighted by molar-refractivity contribution is 5.92. The molecule has 0 atom stereocenters. The molecule has 1 aromatic carbocycles. The second kappa shape index (κ2) is 8.22. The van der Waals surface area contributed by atoms with Gasteiger partial charge >= 0.3 is 5.97 Å². The molecular weight excluding hydrogens is 370 g/mol. The Labute approximate surface area is 168 Å². The second-order valence-electron chi connectivity index (χ2n) is 7.00. The molecule has 3 rings (SSSR count). The number of aryl methyl sites for hydroxylation is 3. The molecule has 0 aliphatic rings. The van der Waals surface area contributed by atoms with Gasteiger partial charge in [0.25, 0.3) is 5.95 Å². The summed E-state index contributed by atoms with van der Waals surface area (Å²) in [7, 11) is 0. The van der Waals surface area contributed by atoms with Crippen molar-refractivity contribution in [3.8, 4) is 5.95 Å². The average molecular weight is 393 g/mol. The number of benzene rings is 1. The molecule has 1 amide bonds. The Morgan fingerprint density at radius 1 is 1.00 bits per heavy atom. The van der Waals surface area contributed by atoms with E-state index in [1.165, 1.54) is 0 Å². The lowest BCUT2D eigenvalue weighted by Crippen LogP contribution is -2.15. The maximum Gasteiger partial charge on any atom is 0.307 e. The summed E-state index contributed by atoms with van der Waals surface area (Å²) in [5, 5.41) is 16.2. The van der Waals surface area contributed by atoms with Gasteiger partial charge in [-0.1, -0.05) is 12.1 Å². The number of carboxylic acids is 1. The molecule has 8 nitrogen and oxygen atoms in total. The topological polar surface area (TPSA) is 110 Å². The van der Waals surface area contributed by atoms with Crippen LogP contribution in [-0.4, -0.2) is 36.7 Å². The number of anilines is 1. The van der Waals surface area contributed by atoms with Crippen LogP contribution in [0.1, 0.15) is 33.9 Å². The van der Waals surface area contributed by atoms with Crippen molar-refractivity contribution in [2.24, 2.45) is 0 Å². The number of hydrogen-bond donors (Lipinski definition) is 2. The molecule has 0 saturated carbocycles. The highest BCUT2D eigenvalue weighted by atomic mass is 16.4. The van der Waals surface area contributed by atoms with Crippen LogP contribution in [-0.2, 0) is 22.4 Å². The molecule has 0 radical (unpaired) electrons. The summed E-state index contributed by atoms with van der Waals surface area (Å²) in [4.78, 5) is 32.2. The number of carbonyl (C=O) groups excluding carboxylic acids is 1. The van der Waals surface area contributed by atoms with E-state index >= 15 is 0 Å². The van der Waals surface area contributed by atoms with Crippen LogP contribution >= 0.6 is 0 Å². The van der Waals surface area contributed by atoms with Gasteiger partial charge in [-0.2, -0.15) is 5.10 Å². The molecule has 0 aliphatic heterocycles. The van der Waals surface area contributed by atoms with Crippen molar-refractivity contribution < 1.29 is 14.7 Å². The predicted molar refractivity (Wildman–Crippen MR) is 108 cm³/mol. The van der Waals surface area contributed by atoms with E-state index in [0.29, 0.717) is 17.2 Å². The summed E-state index contributed by atoms with van der Waals surface area (Å²) in [5.41, 5.74) is 5.39. The lowest BCUT2D eigenvalue weighted by molar-refractivity contribution is -0.136. The largest absolute Gasteiger partial charge is 0.481 e. The molecule has 150 valence electrons. The van der Waals surface area contributed by atoms with Crippen LogP contribution < -0.4 is 5.32 Å². The third-order valence-corrected chi connectivity index (χ3v) is 4.53. The first kappa shape index (κ1) is 20.2. The molecule has 0 aliphatic carbocycles. The number of rotatable bonds is 6. The number of hydrogen-bond acceptors (Lipinski definition) is 5. The van der Waals surface area contributed by atoms with E-state index in [1.807, 2.05) is 33.8 Å². The first-order valence-corrected chi connectivity index (χ1v) is 9.21. The number of aromatic nitrogens is 4. The molecule has 0 unspecified atom stereocenters. The minimum Gasteiger partial charge on any atom is -0.481 e. The molecule has 8 heteroatoms. The minimum atomic E-state index is -0.891. The van der Waals surface area contributed by atoms with Crippen molar-refractivity contribution in [1.82, 2.24) is 19.7 Å². The standard InChI is InChI=1S/C21H23N5O3/c1-12-9-13(2)23-21(22-12)26-15(4)18(14(3)25-26)11-19(27)24-17-7-5-16(6-8-17)10-20(28)29/h5-9H,10-11H2,1-4H3,(H,24,27)(H,28,29). The third kappa shape index (κ3) is 4.84. The first-order chi connectivity index (χ1) is 13.7. The van der Waals surface area contributed by atoms with Crippen molar-refractivity contribution in [3.63, 3.8) is 0 Å². The molecule has 2 heterocycles. The Kier molecular flexibility index (Phi) is 5.72. The Morgan fingerprint density at radius 2 is 1.62 bits per heavy atom. The molecular formula is C21H23N5O3. The lowest BCUT2D eigenvalue weighted by atomic mass is 10.1. The van der Waals surface area contributed by atoms with E-state index in [9.17, 15) is 9.59 Å². The van der Waals surface area contributed by atoms with Gasteiger partial charge in [0.1, 0.15) is 0 Å². The van der Waals surface area contributed by atoms with E-state index in [1.54, 1.807) is 28.9 Å². The highest BCUT2D eigenvalue weighted by Crippen LogP contribution is 2.18. The van der Waals surface area contributed by atoms with Crippen molar-refractivity contribution in [1.29, 1.82) is 0 Å². The molecule has 0 saturated heterocycles. The Hall–Kier alpha value is -3.55. The highest BCUT2D eigenvalue weighted by Gasteiger charge is 2.18. The monoisotopic (exact) mass is 393 g/mol. The third-order valence-electron chi connectivity index (χ3n) is 4.53. The van der Waals surface area contributed by atoms with Crippen LogP contribution in [0, 0.1) is 27.7 Å². The van der Waals surface area contributed by atoms with Crippen LogP contribution in [0.3, 0.4) is 0 Å². The Balaban J connectivity index is 1.75. The van der Waals surface area contributed by atoms with Gasteiger partial charge in [-0.15, -0.1) is 0 Å². The summed E-state index contributed by atoms with van der Waals surface area (Å²) >= 11 is 0. The van der Waals surface area contributed by atoms with Crippen LogP contribution in [0.2, 0.25) is 0 Å². The number of carboxylic acid groups (broad SMARTS) is 1. The zero-order chi connectivity index (χ0) is 21.1. The van der Waals surface area contributed by atoms with E-state index in [-0.39, 0.29) is 18.7 Å². The van der Waals surface area contributed by atoms with Gasteiger partial charge < -0.3 is 10.4 Å². The van der Waals surface area contributed by atoms with Gasteiger partial charge in [0.05, 0.1) is 18.5 Å². The molecule has 0 bridgehead atoms. The predicted octanol–water partition coefficient (Wildman–Crippen LogP) is 2.70. The summed E-state index contributed by atoms with van der Waals surface area (Å²) < 4.78 is 1.67. The van der Waals surface area contributed by atoms with Crippen molar-refractivity contribution in [2.75, 3.05) is 5.32 Å². The van der Waals surface area contributed by atoms with E-state index < -0.39 is 5.97 Å². The molecule has 2 aromatic heterocycles. The lowest BCUT2D eigenvalue weighted by Gasteiger charge is -2.07.